The molecule has 0 spiro atoms. The van der Waals surface area contributed by atoms with Crippen molar-refractivity contribution in [2.24, 2.45) is 17.8 Å². The third-order valence-electron chi connectivity index (χ3n) is 5.49. The average Bonchev–Trinajstić information content (AvgIpc) is 2.43. The van der Waals surface area contributed by atoms with E-state index >= 15 is 0 Å². The molecule has 0 radical (unpaired) electrons. The molecule has 0 saturated heterocycles. The van der Waals surface area contributed by atoms with Gasteiger partial charge in [0.15, 0.2) is 0 Å². The van der Waals surface area contributed by atoms with E-state index in [1.807, 2.05) is 0 Å². The van der Waals surface area contributed by atoms with Crippen molar-refractivity contribution in [3.63, 3.8) is 0 Å². The molecule has 1 aliphatic rings. The van der Waals surface area contributed by atoms with Crippen LogP contribution < -0.4 is 5.32 Å². The summed E-state index contributed by atoms with van der Waals surface area (Å²) < 4.78 is 0. The van der Waals surface area contributed by atoms with Gasteiger partial charge in [0.25, 0.3) is 0 Å². The summed E-state index contributed by atoms with van der Waals surface area (Å²) in [6.45, 7) is 15.3. The quantitative estimate of drug-likeness (QED) is 0.707. The molecule has 0 aromatic rings. The Morgan fingerprint density at radius 1 is 1.10 bits per heavy atom. The van der Waals surface area contributed by atoms with Crippen molar-refractivity contribution in [2.45, 2.75) is 91.8 Å². The first-order valence-corrected chi connectivity index (χ1v) is 9.32. The second-order valence-electron chi connectivity index (χ2n) is 8.09. The second kappa shape index (κ2) is 9.15. The van der Waals surface area contributed by atoms with E-state index in [0.717, 1.165) is 17.8 Å². The average molecular weight is 297 g/mol. The molecular formula is C19H40N2. The zero-order valence-corrected chi connectivity index (χ0v) is 15.7. The molecule has 0 heterocycles. The minimum Gasteiger partial charge on any atom is -0.312 e. The minimum absolute atomic E-state index is 0.687. The molecule has 0 amide bonds. The van der Waals surface area contributed by atoms with Gasteiger partial charge in [0, 0.05) is 18.1 Å². The Kier molecular flexibility index (Phi) is 8.26. The second-order valence-corrected chi connectivity index (χ2v) is 8.09. The summed E-state index contributed by atoms with van der Waals surface area (Å²) in [5.74, 6) is 2.52. The van der Waals surface area contributed by atoms with Crippen LogP contribution in [0.5, 0.6) is 0 Å². The summed E-state index contributed by atoms with van der Waals surface area (Å²) in [6.07, 6.45) is 6.67. The van der Waals surface area contributed by atoms with E-state index < -0.39 is 0 Å². The molecule has 4 unspecified atom stereocenters. The molecule has 1 rings (SSSR count). The van der Waals surface area contributed by atoms with Crippen LogP contribution >= 0.6 is 0 Å². The lowest BCUT2D eigenvalue weighted by atomic mass is 9.76. The van der Waals surface area contributed by atoms with E-state index in [1.54, 1.807) is 0 Å². The summed E-state index contributed by atoms with van der Waals surface area (Å²) in [5.41, 5.74) is 0. The number of nitrogens with one attached hydrogen (secondary N) is 1. The Morgan fingerprint density at radius 3 is 2.29 bits per heavy atom. The van der Waals surface area contributed by atoms with Crippen LogP contribution in [0.4, 0.5) is 0 Å². The highest BCUT2D eigenvalue weighted by atomic mass is 15.2. The van der Waals surface area contributed by atoms with Gasteiger partial charge in [0.2, 0.25) is 0 Å². The Morgan fingerprint density at radius 2 is 1.76 bits per heavy atom. The van der Waals surface area contributed by atoms with Gasteiger partial charge in [-0.3, -0.25) is 4.90 Å². The number of likely N-dealkylation sites (N-methyl/N-ethyl adjacent to an activating group) is 1. The molecule has 0 bridgehead atoms. The smallest absolute Gasteiger partial charge is 0.0251 e. The van der Waals surface area contributed by atoms with E-state index in [-0.39, 0.29) is 0 Å². The summed E-state index contributed by atoms with van der Waals surface area (Å²) in [4.78, 5) is 2.68. The number of nitrogens with zero attached hydrogens (tertiary/aromatic N) is 1. The SMILES string of the molecule is CCCNC1CCC(C(C)C)CC1N(C)C(C)CC(C)C. The van der Waals surface area contributed by atoms with Gasteiger partial charge < -0.3 is 5.32 Å². The lowest BCUT2D eigenvalue weighted by Crippen LogP contribution is -2.55. The fourth-order valence-corrected chi connectivity index (χ4v) is 3.98. The molecule has 0 aromatic heterocycles. The lowest BCUT2D eigenvalue weighted by molar-refractivity contribution is 0.0698. The van der Waals surface area contributed by atoms with Crippen LogP contribution in [-0.2, 0) is 0 Å². The zero-order valence-electron chi connectivity index (χ0n) is 15.7. The van der Waals surface area contributed by atoms with Gasteiger partial charge in [0.1, 0.15) is 0 Å². The number of rotatable bonds is 8. The fourth-order valence-electron chi connectivity index (χ4n) is 3.98. The van der Waals surface area contributed by atoms with Crippen molar-refractivity contribution in [1.82, 2.24) is 10.2 Å². The van der Waals surface area contributed by atoms with Crippen molar-refractivity contribution >= 4 is 0 Å². The first-order valence-electron chi connectivity index (χ1n) is 9.32. The monoisotopic (exact) mass is 296 g/mol. The molecule has 126 valence electrons. The highest BCUT2D eigenvalue weighted by Gasteiger charge is 2.35. The van der Waals surface area contributed by atoms with E-state index in [9.17, 15) is 0 Å². The molecule has 2 heteroatoms. The Labute approximate surface area is 134 Å². The van der Waals surface area contributed by atoms with Crippen LogP contribution in [0.2, 0.25) is 0 Å². The molecule has 1 fully saturated rings. The van der Waals surface area contributed by atoms with Crippen LogP contribution in [0, 0.1) is 17.8 Å². The molecule has 2 nitrogen and oxygen atoms in total. The summed E-state index contributed by atoms with van der Waals surface area (Å²) >= 11 is 0. The van der Waals surface area contributed by atoms with Gasteiger partial charge in [-0.25, -0.2) is 0 Å². The molecule has 0 aromatic carbocycles. The summed E-state index contributed by atoms with van der Waals surface area (Å²) in [7, 11) is 2.36. The predicted octanol–water partition coefficient (Wildman–Crippen LogP) is 4.55. The standard InChI is InChI=1S/C19H40N2/c1-8-11-20-18-10-9-17(15(4)5)13-19(18)21(7)16(6)12-14(2)3/h14-20H,8-13H2,1-7H3. The van der Waals surface area contributed by atoms with Crippen molar-refractivity contribution < 1.29 is 0 Å². The molecule has 1 aliphatic carbocycles. The molecular weight excluding hydrogens is 256 g/mol. The first kappa shape index (κ1) is 19.0. The Balaban J connectivity index is 2.71. The molecule has 4 atom stereocenters. The van der Waals surface area contributed by atoms with Gasteiger partial charge in [-0.2, -0.15) is 0 Å². The topological polar surface area (TPSA) is 15.3 Å². The predicted molar refractivity (Wildman–Crippen MR) is 94.7 cm³/mol. The van der Waals surface area contributed by atoms with Crippen molar-refractivity contribution in [3.8, 4) is 0 Å². The van der Waals surface area contributed by atoms with Crippen molar-refractivity contribution in [1.29, 1.82) is 0 Å². The molecule has 1 saturated carbocycles. The first-order chi connectivity index (χ1) is 9.86. The third-order valence-corrected chi connectivity index (χ3v) is 5.49. The Hall–Kier alpha value is -0.0800. The van der Waals surface area contributed by atoms with Gasteiger partial charge >= 0.3 is 0 Å². The van der Waals surface area contributed by atoms with Crippen molar-refractivity contribution in [3.05, 3.63) is 0 Å². The van der Waals surface area contributed by atoms with Gasteiger partial charge in [-0.15, -0.1) is 0 Å². The van der Waals surface area contributed by atoms with Crippen LogP contribution in [-0.4, -0.2) is 36.6 Å². The zero-order chi connectivity index (χ0) is 16.0. The highest BCUT2D eigenvalue weighted by Crippen LogP contribution is 2.33. The van der Waals surface area contributed by atoms with Gasteiger partial charge in [-0.05, 0) is 70.4 Å². The van der Waals surface area contributed by atoms with Crippen LogP contribution in [0.25, 0.3) is 0 Å². The van der Waals surface area contributed by atoms with E-state index in [2.05, 4.69) is 58.8 Å². The highest BCUT2D eigenvalue weighted by molar-refractivity contribution is 4.92. The molecule has 1 N–H and O–H groups in total. The maximum Gasteiger partial charge on any atom is 0.0251 e. The van der Waals surface area contributed by atoms with Crippen LogP contribution in [0.3, 0.4) is 0 Å². The van der Waals surface area contributed by atoms with E-state index in [4.69, 9.17) is 0 Å². The minimum atomic E-state index is 0.687. The normalized spacial score (nSPS) is 28.6. The largest absolute Gasteiger partial charge is 0.312 e. The van der Waals surface area contributed by atoms with E-state index in [1.165, 1.54) is 38.6 Å². The third kappa shape index (κ3) is 5.90. The Bertz CT molecular complexity index is 275. The maximum absolute atomic E-state index is 3.83. The van der Waals surface area contributed by atoms with Gasteiger partial charge in [-0.1, -0.05) is 34.6 Å². The van der Waals surface area contributed by atoms with Crippen molar-refractivity contribution in [2.75, 3.05) is 13.6 Å². The van der Waals surface area contributed by atoms with E-state index in [0.29, 0.717) is 18.1 Å². The van der Waals surface area contributed by atoms with Crippen LogP contribution in [0.15, 0.2) is 0 Å². The lowest BCUT2D eigenvalue weighted by Gasteiger charge is -2.45. The fraction of sp³-hybridized carbons (Fsp3) is 1.00. The maximum atomic E-state index is 3.83. The number of hydrogen-bond donors (Lipinski definition) is 1. The van der Waals surface area contributed by atoms with Gasteiger partial charge in [0.05, 0.1) is 0 Å². The number of hydrogen-bond acceptors (Lipinski definition) is 2. The summed E-state index contributed by atoms with van der Waals surface area (Å²) in [5, 5.41) is 3.83. The van der Waals surface area contributed by atoms with Crippen LogP contribution in [0.1, 0.15) is 73.6 Å². The molecule has 21 heavy (non-hydrogen) atoms. The summed E-state index contributed by atoms with van der Waals surface area (Å²) in [6, 6.07) is 2.10. The molecule has 0 aliphatic heterocycles.